The van der Waals surface area contributed by atoms with Crippen LogP contribution in [-0.2, 0) is 12.6 Å². The van der Waals surface area contributed by atoms with E-state index in [4.69, 9.17) is 0 Å². The van der Waals surface area contributed by atoms with Gasteiger partial charge in [0.15, 0.2) is 5.82 Å². The van der Waals surface area contributed by atoms with E-state index in [0.29, 0.717) is 22.9 Å². The normalized spacial score (nSPS) is 20.1. The van der Waals surface area contributed by atoms with Crippen molar-refractivity contribution in [3.63, 3.8) is 0 Å². The second-order valence-electron chi connectivity index (χ2n) is 7.56. The molecule has 28 heavy (non-hydrogen) atoms. The molecule has 3 heterocycles. The summed E-state index contributed by atoms with van der Waals surface area (Å²) >= 11 is 0. The minimum Gasteiger partial charge on any atom is -0.507 e. The van der Waals surface area contributed by atoms with Crippen LogP contribution in [-0.4, -0.2) is 41.0 Å². The van der Waals surface area contributed by atoms with Crippen LogP contribution in [0.3, 0.4) is 0 Å². The zero-order chi connectivity index (χ0) is 19.9. The van der Waals surface area contributed by atoms with Crippen molar-refractivity contribution in [2.75, 3.05) is 24.5 Å². The van der Waals surface area contributed by atoms with Crippen molar-refractivity contribution in [3.05, 3.63) is 34.9 Å². The highest BCUT2D eigenvalue weighted by molar-refractivity contribution is 5.72. The number of hydrogen-bond donors (Lipinski definition) is 2. The second kappa shape index (κ2) is 7.24. The number of anilines is 1. The fourth-order valence-electron chi connectivity index (χ4n) is 4.24. The molecule has 0 spiro atoms. The molecule has 1 atom stereocenters. The van der Waals surface area contributed by atoms with Crippen LogP contribution in [0, 0.1) is 6.92 Å². The molecule has 0 saturated carbocycles. The molecule has 1 saturated heterocycles. The summed E-state index contributed by atoms with van der Waals surface area (Å²) in [6.45, 7) is 4.43. The molecule has 1 aromatic carbocycles. The number of phenolic OH excluding ortho intramolecular Hbond substituents is 1. The minimum absolute atomic E-state index is 0.305. The Kier molecular flexibility index (Phi) is 4.91. The molecule has 5 nitrogen and oxygen atoms in total. The van der Waals surface area contributed by atoms with Crippen LogP contribution in [0.1, 0.15) is 36.0 Å². The van der Waals surface area contributed by atoms with Gasteiger partial charge < -0.3 is 15.3 Å². The monoisotopic (exact) mass is 392 g/mol. The highest BCUT2D eigenvalue weighted by Gasteiger charge is 2.33. The summed E-state index contributed by atoms with van der Waals surface area (Å²) < 4.78 is 38.9. The van der Waals surface area contributed by atoms with Crippen molar-refractivity contribution in [3.8, 4) is 17.0 Å². The van der Waals surface area contributed by atoms with Crippen LogP contribution in [0.4, 0.5) is 19.0 Å². The van der Waals surface area contributed by atoms with Gasteiger partial charge in [-0.05, 0) is 68.5 Å². The van der Waals surface area contributed by atoms with Crippen LogP contribution in [0.25, 0.3) is 11.3 Å². The number of phenols is 1. The molecule has 0 radical (unpaired) electrons. The smallest absolute Gasteiger partial charge is 0.416 e. The summed E-state index contributed by atoms with van der Waals surface area (Å²) in [5, 5.41) is 22.4. The Balaban J connectivity index is 1.70. The van der Waals surface area contributed by atoms with E-state index in [1.807, 2.05) is 6.07 Å². The summed E-state index contributed by atoms with van der Waals surface area (Å²) in [6.07, 6.45) is -0.437. The molecule has 0 aliphatic carbocycles. The predicted molar refractivity (Wildman–Crippen MR) is 100 cm³/mol. The van der Waals surface area contributed by atoms with E-state index in [1.165, 1.54) is 0 Å². The quantitative estimate of drug-likeness (QED) is 0.817. The van der Waals surface area contributed by atoms with E-state index in [1.54, 1.807) is 6.92 Å². The van der Waals surface area contributed by atoms with Crippen LogP contribution >= 0.6 is 0 Å². The van der Waals surface area contributed by atoms with Crippen molar-refractivity contribution >= 4 is 5.82 Å². The molecule has 1 aromatic heterocycles. The Hall–Kier alpha value is -2.35. The van der Waals surface area contributed by atoms with Crippen molar-refractivity contribution in [2.24, 2.45) is 0 Å². The zero-order valence-electron chi connectivity index (χ0n) is 15.7. The van der Waals surface area contributed by atoms with Gasteiger partial charge in [-0.15, -0.1) is 10.2 Å². The van der Waals surface area contributed by atoms with Gasteiger partial charge >= 0.3 is 6.18 Å². The molecular formula is C20H23F3N4O. The van der Waals surface area contributed by atoms with E-state index < -0.39 is 17.5 Å². The lowest BCUT2D eigenvalue weighted by molar-refractivity contribution is -0.137. The largest absolute Gasteiger partial charge is 0.507 e. The van der Waals surface area contributed by atoms with Gasteiger partial charge in [0.05, 0.1) is 11.3 Å². The maximum Gasteiger partial charge on any atom is 0.416 e. The fraction of sp³-hybridized carbons (Fsp3) is 0.500. The first-order valence-corrected chi connectivity index (χ1v) is 9.60. The molecule has 2 aliphatic heterocycles. The number of rotatable bonds is 2. The van der Waals surface area contributed by atoms with Gasteiger partial charge in [-0.1, -0.05) is 0 Å². The molecule has 4 rings (SSSR count). The Bertz CT molecular complexity index is 855. The average molecular weight is 392 g/mol. The first-order valence-electron chi connectivity index (χ1n) is 9.60. The number of aromatic hydroxyl groups is 1. The molecule has 2 aliphatic rings. The van der Waals surface area contributed by atoms with Gasteiger partial charge in [0.2, 0.25) is 0 Å². The SMILES string of the molecule is Cc1cc(C(F)(F)F)cc(O)c1-c1cc2c(nn1)N([C@@H]1CCCNC1)CCC2. The van der Waals surface area contributed by atoms with Gasteiger partial charge in [-0.25, -0.2) is 0 Å². The number of hydrogen-bond acceptors (Lipinski definition) is 5. The van der Waals surface area contributed by atoms with Gasteiger partial charge in [-0.2, -0.15) is 13.2 Å². The van der Waals surface area contributed by atoms with Crippen molar-refractivity contribution < 1.29 is 18.3 Å². The highest BCUT2D eigenvalue weighted by atomic mass is 19.4. The van der Waals surface area contributed by atoms with Gasteiger partial charge in [0.25, 0.3) is 0 Å². The number of nitrogens with one attached hydrogen (secondary N) is 1. The molecule has 0 unspecified atom stereocenters. The number of alkyl halides is 3. The highest BCUT2D eigenvalue weighted by Crippen LogP contribution is 2.39. The third-order valence-electron chi connectivity index (χ3n) is 5.58. The first-order chi connectivity index (χ1) is 13.3. The van der Waals surface area contributed by atoms with Gasteiger partial charge in [0.1, 0.15) is 5.75 Å². The summed E-state index contributed by atoms with van der Waals surface area (Å²) in [4.78, 5) is 2.29. The molecule has 8 heteroatoms. The lowest BCUT2D eigenvalue weighted by Crippen LogP contribution is -2.48. The molecular weight excluding hydrogens is 369 g/mol. The standard InChI is InChI=1S/C20H23F3N4O/c1-12-8-14(20(21,22)23)10-17(28)18(12)16-9-13-4-3-7-27(19(13)26-25-16)15-5-2-6-24-11-15/h8-10,15,24,28H,2-7,11H2,1H3/t15-/m1/s1. The summed E-state index contributed by atoms with van der Waals surface area (Å²) in [5.41, 5.74) is 1.20. The maximum atomic E-state index is 13.0. The van der Waals surface area contributed by atoms with E-state index in [2.05, 4.69) is 20.4 Å². The zero-order valence-corrected chi connectivity index (χ0v) is 15.7. The number of nitrogens with zero attached hydrogens (tertiary/aromatic N) is 3. The first kappa shape index (κ1) is 19.0. The Morgan fingerprint density at radius 3 is 2.68 bits per heavy atom. The topological polar surface area (TPSA) is 61.3 Å². The Labute approximate surface area is 161 Å². The second-order valence-corrected chi connectivity index (χ2v) is 7.56. The number of aryl methyl sites for hydroxylation is 2. The van der Waals surface area contributed by atoms with Gasteiger partial charge in [-0.3, -0.25) is 0 Å². The van der Waals surface area contributed by atoms with Crippen molar-refractivity contribution in [2.45, 2.75) is 44.8 Å². The fourth-order valence-corrected chi connectivity index (χ4v) is 4.24. The van der Waals surface area contributed by atoms with Crippen LogP contribution in [0.15, 0.2) is 18.2 Å². The number of fused-ring (bicyclic) bond motifs is 1. The summed E-state index contributed by atoms with van der Waals surface area (Å²) in [5.74, 6) is 0.429. The third-order valence-corrected chi connectivity index (χ3v) is 5.58. The third kappa shape index (κ3) is 3.53. The summed E-state index contributed by atoms with van der Waals surface area (Å²) in [7, 11) is 0. The number of aromatic nitrogens is 2. The number of benzene rings is 1. The van der Waals surface area contributed by atoms with Crippen molar-refractivity contribution in [1.82, 2.24) is 15.5 Å². The lowest BCUT2D eigenvalue weighted by atomic mass is 9.96. The lowest BCUT2D eigenvalue weighted by Gasteiger charge is -2.38. The van der Waals surface area contributed by atoms with E-state index in [9.17, 15) is 18.3 Å². The molecule has 0 bridgehead atoms. The van der Waals surface area contributed by atoms with Crippen LogP contribution in [0.5, 0.6) is 5.75 Å². The average Bonchev–Trinajstić information content (AvgIpc) is 2.67. The Morgan fingerprint density at radius 1 is 1.18 bits per heavy atom. The van der Waals surface area contributed by atoms with E-state index in [0.717, 1.165) is 68.8 Å². The van der Waals surface area contributed by atoms with E-state index >= 15 is 0 Å². The molecule has 150 valence electrons. The number of piperidine rings is 1. The summed E-state index contributed by atoms with van der Waals surface area (Å²) in [6, 6.07) is 4.04. The minimum atomic E-state index is -4.50. The molecule has 2 N–H and O–H groups in total. The molecule has 1 fully saturated rings. The van der Waals surface area contributed by atoms with Crippen LogP contribution in [0.2, 0.25) is 0 Å². The maximum absolute atomic E-state index is 13.0. The van der Waals surface area contributed by atoms with Crippen molar-refractivity contribution in [1.29, 1.82) is 0 Å². The van der Waals surface area contributed by atoms with Crippen LogP contribution < -0.4 is 10.2 Å². The predicted octanol–water partition coefficient (Wildman–Crippen LogP) is 3.68. The van der Waals surface area contributed by atoms with E-state index in [-0.39, 0.29) is 0 Å². The molecule has 2 aromatic rings. The van der Waals surface area contributed by atoms with Gasteiger partial charge in [0, 0.05) is 24.7 Å². The number of halogens is 3. The molecule has 0 amide bonds. The Morgan fingerprint density at radius 2 is 2.00 bits per heavy atom.